The fourth-order valence-corrected chi connectivity index (χ4v) is 3.43. The van der Waals surface area contributed by atoms with Crippen molar-refractivity contribution in [1.82, 2.24) is 4.98 Å². The summed E-state index contributed by atoms with van der Waals surface area (Å²) >= 11 is 3.19. The van der Waals surface area contributed by atoms with Gasteiger partial charge < -0.3 is 14.6 Å². The van der Waals surface area contributed by atoms with E-state index in [1.54, 1.807) is 18.2 Å². The molecule has 4 aromatic rings. The van der Waals surface area contributed by atoms with Gasteiger partial charge in [-0.15, -0.1) is 0 Å². The number of nitrogens with zero attached hydrogens (tertiary/aromatic N) is 3. The van der Waals surface area contributed by atoms with Crippen LogP contribution < -0.4 is 0 Å². The zero-order valence-corrected chi connectivity index (χ0v) is 17.1. The maximum absolute atomic E-state index is 11.1. The van der Waals surface area contributed by atoms with Crippen LogP contribution in [0, 0.1) is 17.0 Å². The van der Waals surface area contributed by atoms with Gasteiger partial charge in [0.05, 0.1) is 16.2 Å². The Morgan fingerprint density at radius 1 is 1.20 bits per heavy atom. The van der Waals surface area contributed by atoms with Crippen molar-refractivity contribution in [2.75, 3.05) is 0 Å². The van der Waals surface area contributed by atoms with Crippen LogP contribution in [0.1, 0.15) is 11.1 Å². The van der Waals surface area contributed by atoms with Crippen LogP contribution in [0.5, 0.6) is 11.5 Å². The summed E-state index contributed by atoms with van der Waals surface area (Å²) in [4.78, 5) is 19.1. The highest BCUT2D eigenvalue weighted by molar-refractivity contribution is 9.10. The second-order valence-corrected chi connectivity index (χ2v) is 7.44. The van der Waals surface area contributed by atoms with Crippen LogP contribution in [0.15, 0.2) is 62.4 Å². The van der Waals surface area contributed by atoms with Crippen molar-refractivity contribution in [3.8, 4) is 23.0 Å². The van der Waals surface area contributed by atoms with E-state index in [-0.39, 0.29) is 17.2 Å². The molecule has 1 heterocycles. The number of hydrogen-bond donors (Lipinski definition) is 2. The van der Waals surface area contributed by atoms with Crippen molar-refractivity contribution in [2.45, 2.75) is 6.92 Å². The summed E-state index contributed by atoms with van der Waals surface area (Å²) in [6, 6.07) is 12.9. The molecule has 2 N–H and O–H groups in total. The van der Waals surface area contributed by atoms with E-state index in [2.05, 4.69) is 25.9 Å². The van der Waals surface area contributed by atoms with Gasteiger partial charge in [-0.2, -0.15) is 0 Å². The lowest BCUT2D eigenvalue weighted by Crippen LogP contribution is -1.92. The summed E-state index contributed by atoms with van der Waals surface area (Å²) in [6.07, 6.45) is 1.31. The summed E-state index contributed by atoms with van der Waals surface area (Å²) < 4.78 is 6.20. The van der Waals surface area contributed by atoms with Gasteiger partial charge in [0, 0.05) is 22.3 Å². The molecule has 1 aromatic heterocycles. The summed E-state index contributed by atoms with van der Waals surface area (Å²) in [5.74, 6) is -0.269. The zero-order valence-electron chi connectivity index (χ0n) is 15.5. The van der Waals surface area contributed by atoms with Crippen LogP contribution in [-0.4, -0.2) is 26.3 Å². The molecule has 0 saturated heterocycles. The normalized spacial score (nSPS) is 11.4. The van der Waals surface area contributed by atoms with E-state index in [4.69, 9.17) is 4.42 Å². The minimum atomic E-state index is -0.675. The van der Waals surface area contributed by atoms with Gasteiger partial charge in [0.2, 0.25) is 11.6 Å². The van der Waals surface area contributed by atoms with Crippen LogP contribution in [0.4, 0.5) is 11.4 Å². The predicted molar refractivity (Wildman–Crippen MR) is 116 cm³/mol. The zero-order chi connectivity index (χ0) is 21.4. The Morgan fingerprint density at radius 2 is 2.00 bits per heavy atom. The number of oxazole rings is 1. The summed E-state index contributed by atoms with van der Waals surface area (Å²) in [5, 5.41) is 31.5. The number of para-hydroxylation sites is 1. The molecule has 0 saturated carbocycles. The largest absolute Gasteiger partial charge is 0.507 e. The molecule has 8 nitrogen and oxygen atoms in total. The molecule has 4 rings (SSSR count). The molecule has 0 aliphatic carbocycles. The minimum Gasteiger partial charge on any atom is -0.507 e. The number of aromatic nitrogens is 1. The first-order valence-electron chi connectivity index (χ1n) is 8.74. The van der Waals surface area contributed by atoms with Crippen LogP contribution >= 0.6 is 15.9 Å². The van der Waals surface area contributed by atoms with Gasteiger partial charge in [0.25, 0.3) is 0 Å². The van der Waals surface area contributed by atoms with Crippen LogP contribution in [0.25, 0.3) is 22.6 Å². The van der Waals surface area contributed by atoms with E-state index < -0.39 is 16.4 Å². The molecule has 3 aromatic carbocycles. The van der Waals surface area contributed by atoms with Gasteiger partial charge >= 0.3 is 5.69 Å². The molecule has 30 heavy (non-hydrogen) atoms. The lowest BCUT2D eigenvalue weighted by atomic mass is 10.1. The first kappa shape index (κ1) is 19.6. The van der Waals surface area contributed by atoms with Crippen molar-refractivity contribution in [3.63, 3.8) is 0 Å². The molecule has 0 fully saturated rings. The topological polar surface area (TPSA) is 122 Å². The number of nitro benzene ring substituents is 1. The van der Waals surface area contributed by atoms with E-state index in [1.807, 2.05) is 19.1 Å². The lowest BCUT2D eigenvalue weighted by molar-refractivity contribution is -0.385. The van der Waals surface area contributed by atoms with E-state index in [1.165, 1.54) is 24.4 Å². The third kappa shape index (κ3) is 3.62. The predicted octanol–water partition coefficient (Wildman–Crippen LogP) is 5.64. The number of phenols is 2. The van der Waals surface area contributed by atoms with Crippen LogP contribution in [0.3, 0.4) is 0 Å². The average Bonchev–Trinajstić information content (AvgIpc) is 3.14. The van der Waals surface area contributed by atoms with Gasteiger partial charge in [0.1, 0.15) is 11.3 Å². The molecule has 0 unspecified atom stereocenters. The third-order valence-corrected chi connectivity index (χ3v) is 4.92. The summed E-state index contributed by atoms with van der Waals surface area (Å²) in [7, 11) is 0. The van der Waals surface area contributed by atoms with Crippen molar-refractivity contribution in [2.24, 2.45) is 4.99 Å². The Hall–Kier alpha value is -3.72. The molecule has 0 amide bonds. The molecule has 150 valence electrons. The highest BCUT2D eigenvalue weighted by atomic mass is 79.9. The van der Waals surface area contributed by atoms with E-state index >= 15 is 0 Å². The van der Waals surface area contributed by atoms with E-state index in [0.717, 1.165) is 5.56 Å². The fraction of sp³-hybridized carbons (Fsp3) is 0.0476. The van der Waals surface area contributed by atoms with Gasteiger partial charge in [-0.3, -0.25) is 15.1 Å². The smallest absolute Gasteiger partial charge is 0.312 e. The molecule has 0 aliphatic heterocycles. The highest BCUT2D eigenvalue weighted by Gasteiger charge is 2.18. The number of nitro groups is 1. The highest BCUT2D eigenvalue weighted by Crippen LogP contribution is 2.36. The minimum absolute atomic E-state index is 0.0286. The van der Waals surface area contributed by atoms with Gasteiger partial charge in [-0.25, -0.2) is 4.98 Å². The standard InChI is InChI=1S/C21H14BrN3O5/c1-11-3-2-4-18-19(11)24-21(30-18)15-9-14(5-6-17(15)26)23-10-12-7-13(22)8-16(20(12)27)25(28)29/h2-10,26-27H,1H3. The van der Waals surface area contributed by atoms with Gasteiger partial charge in [-0.1, -0.05) is 28.1 Å². The number of aryl methyl sites for hydroxylation is 1. The number of phenolic OH excluding ortho intramolecular Hbond substituents is 2. The Kier molecular flexibility index (Phi) is 4.96. The number of aliphatic imine (C=N–C) groups is 1. The lowest BCUT2D eigenvalue weighted by Gasteiger charge is -2.03. The maximum Gasteiger partial charge on any atom is 0.312 e. The second-order valence-electron chi connectivity index (χ2n) is 6.52. The number of aromatic hydroxyl groups is 2. The number of benzene rings is 3. The molecule has 0 radical (unpaired) electrons. The Morgan fingerprint density at radius 3 is 2.73 bits per heavy atom. The Labute approximate surface area is 178 Å². The number of halogens is 1. The van der Waals surface area contributed by atoms with Crippen molar-refractivity contribution in [3.05, 3.63) is 74.2 Å². The van der Waals surface area contributed by atoms with Crippen molar-refractivity contribution in [1.29, 1.82) is 0 Å². The molecule has 0 atom stereocenters. The van der Waals surface area contributed by atoms with Crippen molar-refractivity contribution >= 4 is 44.6 Å². The first-order valence-corrected chi connectivity index (χ1v) is 9.53. The Balaban J connectivity index is 1.74. The quantitative estimate of drug-likeness (QED) is 0.227. The summed E-state index contributed by atoms with van der Waals surface area (Å²) in [5.41, 5.74) is 2.77. The molecule has 0 aliphatic rings. The SMILES string of the molecule is Cc1cccc2oc(-c3cc(N=Cc4cc(Br)cc([N+](=O)[O-])c4O)ccc3O)nc12. The summed E-state index contributed by atoms with van der Waals surface area (Å²) in [6.45, 7) is 1.92. The van der Waals surface area contributed by atoms with Crippen LogP contribution in [0.2, 0.25) is 0 Å². The monoisotopic (exact) mass is 467 g/mol. The average molecular weight is 468 g/mol. The molecule has 0 bridgehead atoms. The van der Waals surface area contributed by atoms with Crippen LogP contribution in [-0.2, 0) is 0 Å². The fourth-order valence-electron chi connectivity index (χ4n) is 2.96. The first-order chi connectivity index (χ1) is 14.3. The maximum atomic E-state index is 11.1. The van der Waals surface area contributed by atoms with Crippen molar-refractivity contribution < 1.29 is 19.6 Å². The number of fused-ring (bicyclic) bond motifs is 1. The number of rotatable bonds is 4. The molecule has 0 spiro atoms. The molecular weight excluding hydrogens is 454 g/mol. The number of hydrogen-bond acceptors (Lipinski definition) is 7. The molecule has 9 heteroatoms. The Bertz CT molecular complexity index is 1330. The second kappa shape index (κ2) is 7.60. The third-order valence-electron chi connectivity index (χ3n) is 4.46. The van der Waals surface area contributed by atoms with Gasteiger partial charge in [0.15, 0.2) is 5.58 Å². The van der Waals surface area contributed by atoms with E-state index in [9.17, 15) is 20.3 Å². The van der Waals surface area contributed by atoms with E-state index in [0.29, 0.717) is 26.8 Å². The molecular formula is C21H14BrN3O5. The van der Waals surface area contributed by atoms with Gasteiger partial charge in [-0.05, 0) is 42.8 Å².